The van der Waals surface area contributed by atoms with Crippen LogP contribution < -0.4 is 15.4 Å². The van der Waals surface area contributed by atoms with Crippen molar-refractivity contribution in [2.24, 2.45) is 0 Å². The lowest BCUT2D eigenvalue weighted by Gasteiger charge is -2.16. The van der Waals surface area contributed by atoms with Gasteiger partial charge in [0.2, 0.25) is 0 Å². The van der Waals surface area contributed by atoms with Crippen LogP contribution in [-0.2, 0) is 0 Å². The molecule has 5 heteroatoms. The van der Waals surface area contributed by atoms with Gasteiger partial charge in [-0.15, -0.1) is 0 Å². The number of anilines is 1. The molecule has 29 heavy (non-hydrogen) atoms. The van der Waals surface area contributed by atoms with Crippen LogP contribution in [0.5, 0.6) is 5.75 Å². The first-order valence-corrected chi connectivity index (χ1v) is 9.57. The number of carbonyl (C=O) groups excluding carboxylic acids is 2. The molecule has 0 aliphatic heterocycles. The summed E-state index contributed by atoms with van der Waals surface area (Å²) in [5, 5.41) is 5.82. The molecule has 0 heterocycles. The van der Waals surface area contributed by atoms with Crippen molar-refractivity contribution < 1.29 is 14.3 Å². The van der Waals surface area contributed by atoms with Crippen LogP contribution in [0.25, 0.3) is 0 Å². The molecule has 2 amide bonds. The van der Waals surface area contributed by atoms with Gasteiger partial charge >= 0.3 is 0 Å². The Bertz CT molecular complexity index is 986. The molecule has 0 aromatic heterocycles. The van der Waals surface area contributed by atoms with E-state index in [1.807, 2.05) is 44.2 Å². The third kappa shape index (κ3) is 5.23. The summed E-state index contributed by atoms with van der Waals surface area (Å²) in [5.41, 5.74) is 2.33. The topological polar surface area (TPSA) is 67.4 Å². The van der Waals surface area contributed by atoms with Crippen LogP contribution in [0, 0.1) is 0 Å². The molecule has 0 bridgehead atoms. The minimum absolute atomic E-state index is 0.157. The zero-order valence-corrected chi connectivity index (χ0v) is 16.5. The Kier molecular flexibility index (Phi) is 6.63. The fourth-order valence-electron chi connectivity index (χ4n) is 2.98. The monoisotopic (exact) mass is 388 g/mol. The standard InChI is InChI=1S/C24H24N2O3/c1-3-29-20-13-9-12-19(16-20)23(27)26-22-15-8-7-14-21(22)24(28)25-17(2)18-10-5-4-6-11-18/h4-17H,3H2,1-2H3,(H,25,28)(H,26,27). The normalized spacial score (nSPS) is 11.4. The lowest BCUT2D eigenvalue weighted by molar-refractivity contribution is 0.0941. The van der Waals surface area contributed by atoms with Gasteiger partial charge in [-0.25, -0.2) is 0 Å². The molecular formula is C24H24N2O3. The fourth-order valence-corrected chi connectivity index (χ4v) is 2.98. The molecule has 1 atom stereocenters. The molecule has 0 spiro atoms. The van der Waals surface area contributed by atoms with E-state index in [0.29, 0.717) is 29.2 Å². The van der Waals surface area contributed by atoms with Gasteiger partial charge in [-0.2, -0.15) is 0 Å². The molecule has 0 aliphatic carbocycles. The van der Waals surface area contributed by atoms with E-state index in [9.17, 15) is 9.59 Å². The van der Waals surface area contributed by atoms with Gasteiger partial charge in [-0.1, -0.05) is 48.5 Å². The first kappa shape index (κ1) is 20.1. The van der Waals surface area contributed by atoms with Crippen molar-refractivity contribution >= 4 is 17.5 Å². The number of ether oxygens (including phenoxy) is 1. The summed E-state index contributed by atoms with van der Waals surface area (Å²) in [7, 11) is 0. The van der Waals surface area contributed by atoms with Gasteiger partial charge in [0.25, 0.3) is 11.8 Å². The van der Waals surface area contributed by atoms with Gasteiger partial charge in [-0.05, 0) is 49.7 Å². The van der Waals surface area contributed by atoms with Gasteiger partial charge in [0.05, 0.1) is 23.9 Å². The largest absolute Gasteiger partial charge is 0.494 e. The van der Waals surface area contributed by atoms with Crippen molar-refractivity contribution in [3.63, 3.8) is 0 Å². The third-order valence-electron chi connectivity index (χ3n) is 4.47. The maximum Gasteiger partial charge on any atom is 0.255 e. The zero-order chi connectivity index (χ0) is 20.6. The minimum atomic E-state index is -0.303. The summed E-state index contributed by atoms with van der Waals surface area (Å²) < 4.78 is 5.45. The van der Waals surface area contributed by atoms with Crippen molar-refractivity contribution in [2.75, 3.05) is 11.9 Å². The first-order valence-electron chi connectivity index (χ1n) is 9.57. The molecule has 0 saturated carbocycles. The Morgan fingerprint density at radius 1 is 0.897 bits per heavy atom. The van der Waals surface area contributed by atoms with Crippen molar-refractivity contribution in [1.29, 1.82) is 0 Å². The van der Waals surface area contributed by atoms with Crippen LogP contribution in [0.4, 0.5) is 5.69 Å². The third-order valence-corrected chi connectivity index (χ3v) is 4.47. The Morgan fingerprint density at radius 2 is 1.62 bits per heavy atom. The summed E-state index contributed by atoms with van der Waals surface area (Å²) in [6.07, 6.45) is 0. The number of hydrogen-bond acceptors (Lipinski definition) is 3. The molecule has 0 fully saturated rings. The van der Waals surface area contributed by atoms with E-state index in [0.717, 1.165) is 5.56 Å². The second kappa shape index (κ2) is 9.55. The molecule has 3 aromatic carbocycles. The maximum atomic E-state index is 12.8. The smallest absolute Gasteiger partial charge is 0.255 e. The van der Waals surface area contributed by atoms with Crippen molar-refractivity contribution in [1.82, 2.24) is 5.32 Å². The molecule has 5 nitrogen and oxygen atoms in total. The Morgan fingerprint density at radius 3 is 2.38 bits per heavy atom. The molecule has 148 valence electrons. The molecular weight excluding hydrogens is 364 g/mol. The van der Waals surface area contributed by atoms with E-state index in [4.69, 9.17) is 4.74 Å². The molecule has 1 unspecified atom stereocenters. The average molecular weight is 388 g/mol. The minimum Gasteiger partial charge on any atom is -0.494 e. The highest BCUT2D eigenvalue weighted by atomic mass is 16.5. The lowest BCUT2D eigenvalue weighted by atomic mass is 10.1. The van der Waals surface area contributed by atoms with Crippen molar-refractivity contribution in [3.05, 3.63) is 95.6 Å². The van der Waals surface area contributed by atoms with Gasteiger partial charge in [0.15, 0.2) is 0 Å². The van der Waals surface area contributed by atoms with E-state index in [2.05, 4.69) is 10.6 Å². The summed E-state index contributed by atoms with van der Waals surface area (Å²) in [5.74, 6) is 0.0751. The van der Waals surface area contributed by atoms with E-state index in [-0.39, 0.29) is 17.9 Å². The second-order valence-electron chi connectivity index (χ2n) is 6.57. The molecule has 0 saturated heterocycles. The van der Waals surface area contributed by atoms with E-state index < -0.39 is 0 Å². The summed E-state index contributed by atoms with van der Waals surface area (Å²) >= 11 is 0. The Hall–Kier alpha value is -3.60. The number of nitrogens with one attached hydrogen (secondary N) is 2. The van der Waals surface area contributed by atoms with E-state index >= 15 is 0 Å². The van der Waals surface area contributed by atoms with E-state index in [1.54, 1.807) is 48.5 Å². The molecule has 3 aromatic rings. The van der Waals surface area contributed by atoms with Crippen LogP contribution in [-0.4, -0.2) is 18.4 Å². The summed E-state index contributed by atoms with van der Waals surface area (Å²) in [4.78, 5) is 25.5. The number of benzene rings is 3. The quantitative estimate of drug-likeness (QED) is 0.609. The predicted molar refractivity (Wildman–Crippen MR) is 114 cm³/mol. The average Bonchev–Trinajstić information content (AvgIpc) is 2.75. The molecule has 0 aliphatic rings. The summed E-state index contributed by atoms with van der Waals surface area (Å²) in [6, 6.07) is 23.5. The number of rotatable bonds is 7. The van der Waals surface area contributed by atoms with E-state index in [1.165, 1.54) is 0 Å². The number of amides is 2. The fraction of sp³-hybridized carbons (Fsp3) is 0.167. The Labute approximate surface area is 170 Å². The SMILES string of the molecule is CCOc1cccc(C(=O)Nc2ccccc2C(=O)NC(C)c2ccccc2)c1. The number of hydrogen-bond donors (Lipinski definition) is 2. The van der Waals surface area contributed by atoms with Crippen molar-refractivity contribution in [3.8, 4) is 5.75 Å². The number of para-hydroxylation sites is 1. The van der Waals surface area contributed by atoms with Crippen LogP contribution in [0.2, 0.25) is 0 Å². The van der Waals surface area contributed by atoms with Crippen LogP contribution in [0.1, 0.15) is 46.2 Å². The van der Waals surface area contributed by atoms with Crippen LogP contribution in [0.3, 0.4) is 0 Å². The van der Waals surface area contributed by atoms with Gasteiger partial charge in [0.1, 0.15) is 5.75 Å². The van der Waals surface area contributed by atoms with Gasteiger partial charge < -0.3 is 15.4 Å². The molecule has 3 rings (SSSR count). The highest BCUT2D eigenvalue weighted by molar-refractivity contribution is 6.09. The molecule has 0 radical (unpaired) electrons. The predicted octanol–water partition coefficient (Wildman–Crippen LogP) is 4.83. The van der Waals surface area contributed by atoms with Crippen molar-refractivity contribution in [2.45, 2.75) is 19.9 Å². The first-order chi connectivity index (χ1) is 14.1. The van der Waals surface area contributed by atoms with Gasteiger partial charge in [0, 0.05) is 5.56 Å². The lowest BCUT2D eigenvalue weighted by Crippen LogP contribution is -2.28. The second-order valence-corrected chi connectivity index (χ2v) is 6.57. The highest BCUT2D eigenvalue weighted by Crippen LogP contribution is 2.20. The highest BCUT2D eigenvalue weighted by Gasteiger charge is 2.16. The summed E-state index contributed by atoms with van der Waals surface area (Å²) in [6.45, 7) is 4.33. The van der Waals surface area contributed by atoms with Gasteiger partial charge in [-0.3, -0.25) is 9.59 Å². The number of carbonyl (C=O) groups is 2. The van der Waals surface area contributed by atoms with Crippen LogP contribution >= 0.6 is 0 Å². The maximum absolute atomic E-state index is 12.8. The Balaban J connectivity index is 1.75. The zero-order valence-electron chi connectivity index (χ0n) is 16.5. The van der Waals surface area contributed by atoms with Crippen LogP contribution in [0.15, 0.2) is 78.9 Å². The molecule has 2 N–H and O–H groups in total.